The molecule has 26 heavy (non-hydrogen) atoms. The van der Waals surface area contributed by atoms with Crippen LogP contribution in [-0.2, 0) is 0 Å². The summed E-state index contributed by atoms with van der Waals surface area (Å²) in [6.45, 7) is 4.04. The molecule has 0 bridgehead atoms. The van der Waals surface area contributed by atoms with Gasteiger partial charge in [0.05, 0.1) is 5.56 Å². The monoisotopic (exact) mass is 341 g/mol. The molecule has 4 rings (SSSR count). The molecule has 2 aromatic heterocycles. The Bertz CT molecular complexity index is 1180. The second-order valence-electron chi connectivity index (χ2n) is 6.40. The Kier molecular flexibility index (Phi) is 3.78. The summed E-state index contributed by atoms with van der Waals surface area (Å²) in [6, 6.07) is 16.8. The highest BCUT2D eigenvalue weighted by Crippen LogP contribution is 2.31. The smallest absolute Gasteiger partial charge is 0.150 e. The number of halogens is 1. The number of hydrogen-bond donors (Lipinski definition) is 1. The van der Waals surface area contributed by atoms with Crippen LogP contribution in [-0.4, -0.2) is 9.97 Å². The predicted molar refractivity (Wildman–Crippen MR) is 101 cm³/mol. The fourth-order valence-electron chi connectivity index (χ4n) is 3.27. The third-order valence-corrected chi connectivity index (χ3v) is 4.59. The first kappa shape index (κ1) is 16.0. The van der Waals surface area contributed by atoms with Gasteiger partial charge in [-0.15, -0.1) is 0 Å². The topological polar surface area (TPSA) is 52.5 Å². The second kappa shape index (κ2) is 6.12. The van der Waals surface area contributed by atoms with Crippen molar-refractivity contribution in [2.45, 2.75) is 13.8 Å². The third kappa shape index (κ3) is 2.64. The maximum Gasteiger partial charge on any atom is 0.150 e. The van der Waals surface area contributed by atoms with Crippen molar-refractivity contribution >= 4 is 10.9 Å². The lowest BCUT2D eigenvalue weighted by molar-refractivity contribution is 0.627. The fraction of sp³-hybridized carbons (Fsp3) is 0.0909. The van der Waals surface area contributed by atoms with Crippen molar-refractivity contribution in [3.8, 4) is 28.5 Å². The van der Waals surface area contributed by atoms with Gasteiger partial charge < -0.3 is 4.98 Å². The van der Waals surface area contributed by atoms with E-state index in [1.54, 1.807) is 12.1 Å². The Morgan fingerprint density at radius 3 is 2.65 bits per heavy atom. The van der Waals surface area contributed by atoms with E-state index in [0.717, 1.165) is 27.7 Å². The number of H-pyrrole nitrogens is 1. The van der Waals surface area contributed by atoms with E-state index in [1.165, 1.54) is 11.6 Å². The highest BCUT2D eigenvalue weighted by Gasteiger charge is 2.12. The van der Waals surface area contributed by atoms with Crippen molar-refractivity contribution < 1.29 is 4.39 Å². The molecule has 0 atom stereocenters. The van der Waals surface area contributed by atoms with Crippen LogP contribution in [0.5, 0.6) is 0 Å². The first-order valence-corrected chi connectivity index (χ1v) is 8.32. The Balaban J connectivity index is 1.83. The van der Waals surface area contributed by atoms with Crippen LogP contribution >= 0.6 is 0 Å². The van der Waals surface area contributed by atoms with Crippen LogP contribution in [0.3, 0.4) is 0 Å². The third-order valence-electron chi connectivity index (χ3n) is 4.59. The summed E-state index contributed by atoms with van der Waals surface area (Å²) in [5.74, 6) is -0.500. The lowest BCUT2D eigenvalue weighted by Crippen LogP contribution is -1.88. The molecule has 4 heteroatoms. The van der Waals surface area contributed by atoms with Gasteiger partial charge in [0.2, 0.25) is 0 Å². The van der Waals surface area contributed by atoms with Crippen molar-refractivity contribution in [1.82, 2.24) is 9.97 Å². The van der Waals surface area contributed by atoms with E-state index >= 15 is 0 Å². The molecule has 0 unspecified atom stereocenters. The second-order valence-corrected chi connectivity index (χ2v) is 6.40. The molecule has 1 N–H and O–H groups in total. The van der Waals surface area contributed by atoms with E-state index in [-0.39, 0.29) is 5.56 Å². The molecule has 2 heterocycles. The minimum absolute atomic E-state index is 0.0446. The summed E-state index contributed by atoms with van der Waals surface area (Å²) in [5.41, 5.74) is 6.33. The molecule has 0 saturated carbocycles. The molecule has 4 aromatic rings. The normalized spacial score (nSPS) is 10.8. The number of aromatic nitrogens is 2. The number of aromatic amines is 1. The van der Waals surface area contributed by atoms with Gasteiger partial charge in [-0.05, 0) is 61.4 Å². The molecule has 0 aliphatic heterocycles. The van der Waals surface area contributed by atoms with E-state index in [1.807, 2.05) is 37.4 Å². The van der Waals surface area contributed by atoms with Gasteiger partial charge in [0.1, 0.15) is 11.9 Å². The van der Waals surface area contributed by atoms with Crippen LogP contribution in [0.4, 0.5) is 4.39 Å². The summed E-state index contributed by atoms with van der Waals surface area (Å²) in [4.78, 5) is 7.63. The first-order chi connectivity index (χ1) is 12.6. The average Bonchev–Trinajstić information content (AvgIpc) is 3.05. The van der Waals surface area contributed by atoms with E-state index in [2.05, 4.69) is 29.0 Å². The summed E-state index contributed by atoms with van der Waals surface area (Å²) >= 11 is 0. The Morgan fingerprint density at radius 2 is 1.88 bits per heavy atom. The van der Waals surface area contributed by atoms with E-state index in [4.69, 9.17) is 5.26 Å². The zero-order valence-electron chi connectivity index (χ0n) is 14.5. The number of pyridine rings is 1. The summed E-state index contributed by atoms with van der Waals surface area (Å²) < 4.78 is 14.5. The molecule has 0 aliphatic rings. The molecule has 126 valence electrons. The molecule has 0 radical (unpaired) electrons. The zero-order chi connectivity index (χ0) is 18.3. The number of nitriles is 1. The SMILES string of the molecule is Cc1cc(C)c(-c2ccc3[nH]c(-c4cccc(C#N)c4F)cc3c2)cn1. The van der Waals surface area contributed by atoms with Gasteiger partial charge in [0.25, 0.3) is 0 Å². The van der Waals surface area contributed by atoms with E-state index in [0.29, 0.717) is 11.3 Å². The van der Waals surface area contributed by atoms with Gasteiger partial charge in [0.15, 0.2) is 0 Å². The molecule has 0 aliphatic carbocycles. The summed E-state index contributed by atoms with van der Waals surface area (Å²) in [6.07, 6.45) is 1.88. The number of rotatable bonds is 2. The summed E-state index contributed by atoms with van der Waals surface area (Å²) in [5, 5.41) is 10.0. The van der Waals surface area contributed by atoms with Gasteiger partial charge in [-0.2, -0.15) is 5.26 Å². The van der Waals surface area contributed by atoms with Crippen LogP contribution in [0.2, 0.25) is 0 Å². The molecular formula is C22H16FN3. The molecule has 0 saturated heterocycles. The molecule has 3 nitrogen and oxygen atoms in total. The van der Waals surface area contributed by atoms with Crippen LogP contribution < -0.4 is 0 Å². The lowest BCUT2D eigenvalue weighted by Gasteiger charge is -2.06. The minimum atomic E-state index is -0.500. The quantitative estimate of drug-likeness (QED) is 0.521. The Labute approximate surface area is 150 Å². The van der Waals surface area contributed by atoms with Gasteiger partial charge in [-0.25, -0.2) is 4.39 Å². The average molecular weight is 341 g/mol. The van der Waals surface area contributed by atoms with Gasteiger partial charge >= 0.3 is 0 Å². The number of nitrogens with zero attached hydrogens (tertiary/aromatic N) is 2. The Hall–Kier alpha value is -3.45. The minimum Gasteiger partial charge on any atom is -0.354 e. The van der Waals surface area contributed by atoms with E-state index in [9.17, 15) is 4.39 Å². The number of fused-ring (bicyclic) bond motifs is 1. The number of hydrogen-bond acceptors (Lipinski definition) is 2. The van der Waals surface area contributed by atoms with E-state index < -0.39 is 5.82 Å². The molecular weight excluding hydrogens is 325 g/mol. The van der Waals surface area contributed by atoms with Crippen molar-refractivity contribution in [3.05, 3.63) is 77.4 Å². The van der Waals surface area contributed by atoms with Crippen LogP contribution in [0.15, 0.2) is 54.7 Å². The fourth-order valence-corrected chi connectivity index (χ4v) is 3.27. The maximum absolute atomic E-state index is 14.5. The van der Waals surface area contributed by atoms with Crippen LogP contribution in [0, 0.1) is 31.0 Å². The van der Waals surface area contributed by atoms with Crippen molar-refractivity contribution in [2.24, 2.45) is 0 Å². The number of aryl methyl sites for hydroxylation is 2. The van der Waals surface area contributed by atoms with Crippen molar-refractivity contribution in [2.75, 3.05) is 0 Å². The first-order valence-electron chi connectivity index (χ1n) is 8.32. The standard InChI is InChI=1S/C22H16FN3/c1-13-8-14(2)25-12-19(13)15-6-7-20-17(9-15)10-21(26-20)18-5-3-4-16(11-24)22(18)23/h3-10,12,26H,1-2H3. The van der Waals surface area contributed by atoms with Crippen molar-refractivity contribution in [3.63, 3.8) is 0 Å². The van der Waals surface area contributed by atoms with Crippen LogP contribution in [0.25, 0.3) is 33.3 Å². The number of nitrogens with one attached hydrogen (secondary N) is 1. The van der Waals surface area contributed by atoms with Crippen LogP contribution in [0.1, 0.15) is 16.8 Å². The summed E-state index contributed by atoms with van der Waals surface area (Å²) in [7, 11) is 0. The molecule has 0 fully saturated rings. The van der Waals surface area contributed by atoms with Gasteiger partial charge in [-0.3, -0.25) is 4.98 Å². The molecule has 2 aromatic carbocycles. The Morgan fingerprint density at radius 1 is 1.04 bits per heavy atom. The number of benzene rings is 2. The largest absolute Gasteiger partial charge is 0.354 e. The predicted octanol–water partition coefficient (Wildman–Crippen LogP) is 5.52. The molecule has 0 spiro atoms. The highest BCUT2D eigenvalue weighted by atomic mass is 19.1. The zero-order valence-corrected chi connectivity index (χ0v) is 14.5. The molecule has 0 amide bonds. The van der Waals surface area contributed by atoms with Gasteiger partial charge in [-0.1, -0.05) is 12.1 Å². The van der Waals surface area contributed by atoms with Gasteiger partial charge in [0, 0.05) is 39.6 Å². The maximum atomic E-state index is 14.5. The highest BCUT2D eigenvalue weighted by molar-refractivity contribution is 5.90. The lowest BCUT2D eigenvalue weighted by atomic mass is 10.0. The van der Waals surface area contributed by atoms with Crippen molar-refractivity contribution in [1.29, 1.82) is 5.26 Å².